The SMILES string of the molecule is Cc1cc(C)n2nc(C(=O)NC[C@H](C)Oc3cccc(CN(C)Cc4cccs4)c3)cc2n1. The minimum Gasteiger partial charge on any atom is -0.489 e. The zero-order chi connectivity index (χ0) is 23.4. The monoisotopic (exact) mass is 463 g/mol. The van der Waals surface area contributed by atoms with Crippen molar-refractivity contribution in [3.8, 4) is 5.75 Å². The summed E-state index contributed by atoms with van der Waals surface area (Å²) in [4.78, 5) is 20.7. The second kappa shape index (κ2) is 10.1. The van der Waals surface area contributed by atoms with Gasteiger partial charge in [0, 0.05) is 35.4 Å². The molecule has 172 valence electrons. The van der Waals surface area contributed by atoms with E-state index in [9.17, 15) is 4.79 Å². The Balaban J connectivity index is 1.30. The van der Waals surface area contributed by atoms with Gasteiger partial charge in [0.05, 0.1) is 6.54 Å². The molecule has 0 fully saturated rings. The highest BCUT2D eigenvalue weighted by molar-refractivity contribution is 7.09. The van der Waals surface area contributed by atoms with E-state index in [1.165, 1.54) is 10.4 Å². The Labute approximate surface area is 198 Å². The minimum absolute atomic E-state index is 0.188. The lowest BCUT2D eigenvalue weighted by Gasteiger charge is -2.18. The van der Waals surface area contributed by atoms with Gasteiger partial charge in [-0.1, -0.05) is 18.2 Å². The van der Waals surface area contributed by atoms with Crippen LogP contribution in [0.3, 0.4) is 0 Å². The van der Waals surface area contributed by atoms with Crippen LogP contribution in [-0.2, 0) is 13.1 Å². The number of carbonyl (C=O) groups excluding carboxylic acids is 1. The van der Waals surface area contributed by atoms with E-state index in [1.807, 2.05) is 39.0 Å². The maximum Gasteiger partial charge on any atom is 0.272 e. The summed E-state index contributed by atoms with van der Waals surface area (Å²) in [5, 5.41) is 9.39. The molecule has 0 aliphatic rings. The van der Waals surface area contributed by atoms with Gasteiger partial charge in [0.2, 0.25) is 0 Å². The molecular formula is C25H29N5O2S. The predicted molar refractivity (Wildman–Crippen MR) is 131 cm³/mol. The maximum absolute atomic E-state index is 12.6. The van der Waals surface area contributed by atoms with Crippen molar-refractivity contribution < 1.29 is 9.53 Å². The van der Waals surface area contributed by atoms with Gasteiger partial charge in [-0.25, -0.2) is 9.50 Å². The van der Waals surface area contributed by atoms with Crippen LogP contribution >= 0.6 is 11.3 Å². The molecule has 4 rings (SSSR count). The smallest absolute Gasteiger partial charge is 0.272 e. The van der Waals surface area contributed by atoms with Crippen LogP contribution in [-0.4, -0.2) is 45.1 Å². The number of nitrogens with one attached hydrogen (secondary N) is 1. The van der Waals surface area contributed by atoms with Gasteiger partial charge in [0.15, 0.2) is 11.3 Å². The Kier molecular flexibility index (Phi) is 7.05. The molecule has 0 unspecified atom stereocenters. The van der Waals surface area contributed by atoms with Crippen molar-refractivity contribution in [2.24, 2.45) is 0 Å². The largest absolute Gasteiger partial charge is 0.489 e. The van der Waals surface area contributed by atoms with Gasteiger partial charge in [-0.05, 0) is 63.0 Å². The first kappa shape index (κ1) is 22.9. The molecule has 0 spiro atoms. The summed E-state index contributed by atoms with van der Waals surface area (Å²) in [6, 6.07) is 16.0. The molecule has 0 aliphatic carbocycles. The van der Waals surface area contributed by atoms with Gasteiger partial charge >= 0.3 is 0 Å². The zero-order valence-corrected chi connectivity index (χ0v) is 20.2. The molecule has 8 heteroatoms. The predicted octanol–water partition coefficient (Wildman–Crippen LogP) is 4.24. The van der Waals surface area contributed by atoms with Crippen molar-refractivity contribution in [1.29, 1.82) is 0 Å². The van der Waals surface area contributed by atoms with Gasteiger partial charge in [0.25, 0.3) is 5.91 Å². The Morgan fingerprint density at radius 3 is 2.82 bits per heavy atom. The Bertz CT molecular complexity index is 1240. The van der Waals surface area contributed by atoms with E-state index in [-0.39, 0.29) is 12.0 Å². The van der Waals surface area contributed by atoms with Crippen LogP contribution in [0.4, 0.5) is 0 Å². The zero-order valence-electron chi connectivity index (χ0n) is 19.4. The van der Waals surface area contributed by atoms with Crippen molar-refractivity contribution in [3.05, 3.63) is 81.4 Å². The van der Waals surface area contributed by atoms with Crippen LogP contribution in [0.2, 0.25) is 0 Å². The summed E-state index contributed by atoms with van der Waals surface area (Å²) in [7, 11) is 2.11. The molecule has 1 N–H and O–H groups in total. The standard InChI is InChI=1S/C25H29N5O2S/c1-17-11-18(2)30-24(27-17)13-23(28-30)25(31)26-14-19(3)32-21-8-5-7-20(12-21)15-29(4)16-22-9-6-10-33-22/h5-13,19H,14-16H2,1-4H3,(H,26,31)/t19-/m0/s1. The molecule has 3 heterocycles. The molecule has 33 heavy (non-hydrogen) atoms. The molecule has 0 aliphatic heterocycles. The first-order valence-electron chi connectivity index (χ1n) is 11.0. The van der Waals surface area contributed by atoms with Crippen molar-refractivity contribution in [3.63, 3.8) is 0 Å². The molecule has 3 aromatic heterocycles. The average molecular weight is 464 g/mol. The van der Waals surface area contributed by atoms with Crippen LogP contribution in [0.5, 0.6) is 5.75 Å². The third-order valence-electron chi connectivity index (χ3n) is 5.21. The number of aryl methyl sites for hydroxylation is 2. The van der Waals surface area contributed by atoms with E-state index in [4.69, 9.17) is 4.74 Å². The number of ether oxygens (including phenoxy) is 1. The van der Waals surface area contributed by atoms with Gasteiger partial charge in [-0.3, -0.25) is 9.69 Å². The van der Waals surface area contributed by atoms with Crippen LogP contribution in [0.1, 0.15) is 39.2 Å². The first-order chi connectivity index (χ1) is 15.9. The Hall–Kier alpha value is -3.23. The molecule has 1 atom stereocenters. The van der Waals surface area contributed by atoms with Crippen LogP contribution in [0.25, 0.3) is 5.65 Å². The number of hydrogen-bond donors (Lipinski definition) is 1. The van der Waals surface area contributed by atoms with Crippen LogP contribution in [0, 0.1) is 13.8 Å². The number of amides is 1. The lowest BCUT2D eigenvalue weighted by molar-refractivity contribution is 0.0927. The topological polar surface area (TPSA) is 71.8 Å². The molecule has 4 aromatic rings. The first-order valence-corrected chi connectivity index (χ1v) is 11.8. The number of aromatic nitrogens is 3. The second-order valence-electron chi connectivity index (χ2n) is 8.38. The summed E-state index contributed by atoms with van der Waals surface area (Å²) in [6.45, 7) is 7.94. The number of thiophene rings is 1. The molecule has 0 radical (unpaired) electrons. The molecule has 0 saturated carbocycles. The summed E-state index contributed by atoms with van der Waals surface area (Å²) >= 11 is 1.77. The van der Waals surface area contributed by atoms with E-state index >= 15 is 0 Å². The van der Waals surface area contributed by atoms with E-state index in [0.717, 1.165) is 30.2 Å². The maximum atomic E-state index is 12.6. The number of fused-ring (bicyclic) bond motifs is 1. The van der Waals surface area contributed by atoms with Gasteiger partial charge in [-0.15, -0.1) is 11.3 Å². The second-order valence-corrected chi connectivity index (χ2v) is 9.41. The van der Waals surface area contributed by atoms with Crippen LogP contribution in [0.15, 0.2) is 53.9 Å². The van der Waals surface area contributed by atoms with E-state index in [0.29, 0.717) is 17.9 Å². The number of hydrogen-bond acceptors (Lipinski definition) is 6. The number of carbonyl (C=O) groups is 1. The van der Waals surface area contributed by atoms with Gasteiger partial charge in [0.1, 0.15) is 11.9 Å². The fraction of sp³-hybridized carbons (Fsp3) is 0.320. The highest BCUT2D eigenvalue weighted by atomic mass is 32.1. The van der Waals surface area contributed by atoms with Crippen molar-refractivity contribution in [2.45, 2.75) is 40.0 Å². The third-order valence-corrected chi connectivity index (χ3v) is 6.07. The Morgan fingerprint density at radius 2 is 2.03 bits per heavy atom. The summed E-state index contributed by atoms with van der Waals surface area (Å²) in [5.74, 6) is 0.554. The summed E-state index contributed by atoms with van der Waals surface area (Å²) in [6.07, 6.45) is -0.188. The van der Waals surface area contributed by atoms with Crippen molar-refractivity contribution in [1.82, 2.24) is 24.8 Å². The van der Waals surface area contributed by atoms with E-state index in [2.05, 4.69) is 57.0 Å². The van der Waals surface area contributed by atoms with Gasteiger partial charge < -0.3 is 10.1 Å². The molecule has 1 amide bonds. The molecule has 1 aromatic carbocycles. The Morgan fingerprint density at radius 1 is 1.18 bits per heavy atom. The third kappa shape index (κ3) is 5.97. The molecule has 7 nitrogen and oxygen atoms in total. The van der Waals surface area contributed by atoms with E-state index in [1.54, 1.807) is 21.9 Å². The number of nitrogens with zero attached hydrogens (tertiary/aromatic N) is 4. The van der Waals surface area contributed by atoms with Crippen molar-refractivity contribution in [2.75, 3.05) is 13.6 Å². The highest BCUT2D eigenvalue weighted by Gasteiger charge is 2.15. The lowest BCUT2D eigenvalue weighted by Crippen LogP contribution is -2.33. The number of rotatable bonds is 9. The normalized spacial score (nSPS) is 12.3. The average Bonchev–Trinajstić information content (AvgIpc) is 3.42. The molecule has 0 saturated heterocycles. The molecule has 0 bridgehead atoms. The summed E-state index contributed by atoms with van der Waals surface area (Å²) < 4.78 is 7.74. The summed E-state index contributed by atoms with van der Waals surface area (Å²) in [5.41, 5.74) is 4.04. The van der Waals surface area contributed by atoms with Crippen LogP contribution < -0.4 is 10.1 Å². The fourth-order valence-electron chi connectivity index (χ4n) is 3.75. The fourth-order valence-corrected chi connectivity index (χ4v) is 4.54. The van der Waals surface area contributed by atoms with Gasteiger partial charge in [-0.2, -0.15) is 5.10 Å². The van der Waals surface area contributed by atoms with Crippen molar-refractivity contribution >= 4 is 22.9 Å². The lowest BCUT2D eigenvalue weighted by atomic mass is 10.2. The minimum atomic E-state index is -0.239. The number of benzene rings is 1. The van der Waals surface area contributed by atoms with E-state index < -0.39 is 0 Å². The quantitative estimate of drug-likeness (QED) is 0.402. The highest BCUT2D eigenvalue weighted by Crippen LogP contribution is 2.18. The molecular weight excluding hydrogens is 434 g/mol.